The number of carbonyl (C=O) groups is 1. The quantitative estimate of drug-likeness (QED) is 0.847. The monoisotopic (exact) mass is 225 g/mol. The largest absolute Gasteiger partial charge is 0.479 e. The molecule has 1 aromatic heterocycles. The van der Waals surface area contributed by atoms with Crippen LogP contribution in [0.25, 0.3) is 0 Å². The van der Waals surface area contributed by atoms with Crippen LogP contribution in [0, 0.1) is 19.8 Å². The number of carboxylic acid groups (broad SMARTS) is 1. The Labute approximate surface area is 95.5 Å². The van der Waals surface area contributed by atoms with Crippen LogP contribution >= 0.6 is 0 Å². The maximum atomic E-state index is 11.4. The van der Waals surface area contributed by atoms with E-state index in [0.29, 0.717) is 18.1 Å². The van der Waals surface area contributed by atoms with E-state index < -0.39 is 11.5 Å². The van der Waals surface area contributed by atoms with Gasteiger partial charge in [-0.25, -0.2) is 14.5 Å². The first-order valence-electron chi connectivity index (χ1n) is 5.41. The molecule has 0 amide bonds. The van der Waals surface area contributed by atoms with Crippen molar-refractivity contribution in [3.8, 4) is 0 Å². The van der Waals surface area contributed by atoms with Crippen molar-refractivity contribution < 1.29 is 9.90 Å². The van der Waals surface area contributed by atoms with Gasteiger partial charge in [0.15, 0.2) is 5.54 Å². The highest BCUT2D eigenvalue weighted by Gasteiger charge is 2.38. The van der Waals surface area contributed by atoms with Gasteiger partial charge in [-0.15, -0.1) is 0 Å². The Balaban J connectivity index is 3.21. The maximum Gasteiger partial charge on any atom is 0.331 e. The van der Waals surface area contributed by atoms with Gasteiger partial charge in [0.2, 0.25) is 0 Å². The third kappa shape index (κ3) is 2.23. The van der Waals surface area contributed by atoms with Crippen LogP contribution in [0.2, 0.25) is 0 Å². The molecule has 0 saturated carbocycles. The van der Waals surface area contributed by atoms with Crippen LogP contribution in [-0.2, 0) is 10.3 Å². The van der Waals surface area contributed by atoms with Crippen molar-refractivity contribution in [1.29, 1.82) is 0 Å². The topological polar surface area (TPSA) is 68.0 Å². The molecule has 1 unspecified atom stereocenters. The van der Waals surface area contributed by atoms with Gasteiger partial charge in [0.05, 0.1) is 0 Å². The molecule has 0 saturated heterocycles. The highest BCUT2D eigenvalue weighted by atomic mass is 16.4. The minimum atomic E-state index is -1.01. The first kappa shape index (κ1) is 12.7. The molecule has 5 heteroatoms. The SMILES string of the molecule is Cc1nc(C)n(C(C)(CC(C)C)C(=O)O)n1. The second kappa shape index (κ2) is 4.23. The number of hydrogen-bond donors (Lipinski definition) is 1. The molecule has 0 aliphatic heterocycles. The van der Waals surface area contributed by atoms with Gasteiger partial charge in [0.1, 0.15) is 11.6 Å². The van der Waals surface area contributed by atoms with Crippen LogP contribution in [-0.4, -0.2) is 25.8 Å². The molecule has 0 fully saturated rings. The lowest BCUT2D eigenvalue weighted by Gasteiger charge is -2.27. The van der Waals surface area contributed by atoms with E-state index in [1.165, 1.54) is 4.68 Å². The van der Waals surface area contributed by atoms with Crippen LogP contribution < -0.4 is 0 Å². The molecule has 0 aromatic carbocycles. The standard InChI is InChI=1S/C11H19N3O2/c1-7(2)6-11(5,10(15)16)14-9(4)12-8(3)13-14/h7H,6H2,1-5H3,(H,15,16). The number of aliphatic carboxylic acids is 1. The van der Waals surface area contributed by atoms with Crippen molar-refractivity contribution in [3.63, 3.8) is 0 Å². The Hall–Kier alpha value is -1.39. The molecule has 0 radical (unpaired) electrons. The van der Waals surface area contributed by atoms with E-state index in [1.807, 2.05) is 13.8 Å². The smallest absolute Gasteiger partial charge is 0.331 e. The summed E-state index contributed by atoms with van der Waals surface area (Å²) >= 11 is 0. The number of aromatic nitrogens is 3. The van der Waals surface area contributed by atoms with Crippen LogP contribution in [0.5, 0.6) is 0 Å². The number of hydrogen-bond acceptors (Lipinski definition) is 3. The molecular weight excluding hydrogens is 206 g/mol. The molecule has 16 heavy (non-hydrogen) atoms. The first-order valence-corrected chi connectivity index (χ1v) is 5.41. The summed E-state index contributed by atoms with van der Waals surface area (Å²) in [4.78, 5) is 15.6. The molecule has 1 rings (SSSR count). The van der Waals surface area contributed by atoms with Crippen molar-refractivity contribution in [3.05, 3.63) is 11.6 Å². The molecular formula is C11H19N3O2. The summed E-state index contributed by atoms with van der Waals surface area (Å²) in [5.74, 6) is 0.663. The summed E-state index contributed by atoms with van der Waals surface area (Å²) in [5, 5.41) is 13.6. The van der Waals surface area contributed by atoms with E-state index in [0.717, 1.165) is 0 Å². The number of carboxylic acids is 1. The molecule has 5 nitrogen and oxygen atoms in total. The summed E-state index contributed by atoms with van der Waals surface area (Å²) in [6.45, 7) is 9.24. The molecule has 0 aliphatic rings. The lowest BCUT2D eigenvalue weighted by Crippen LogP contribution is -2.41. The molecule has 0 aliphatic carbocycles. The maximum absolute atomic E-state index is 11.4. The van der Waals surface area contributed by atoms with E-state index in [2.05, 4.69) is 10.1 Å². The average Bonchev–Trinajstić information content (AvgIpc) is 2.44. The molecule has 1 heterocycles. The van der Waals surface area contributed by atoms with Crippen LogP contribution in [0.3, 0.4) is 0 Å². The van der Waals surface area contributed by atoms with Gasteiger partial charge < -0.3 is 5.11 Å². The lowest BCUT2D eigenvalue weighted by atomic mass is 9.91. The van der Waals surface area contributed by atoms with E-state index in [-0.39, 0.29) is 5.92 Å². The third-order valence-corrected chi connectivity index (χ3v) is 2.61. The third-order valence-electron chi connectivity index (χ3n) is 2.61. The summed E-state index contributed by atoms with van der Waals surface area (Å²) < 4.78 is 1.52. The Bertz CT molecular complexity index is 398. The fraction of sp³-hybridized carbons (Fsp3) is 0.727. The molecule has 1 aromatic rings. The van der Waals surface area contributed by atoms with Gasteiger partial charge in [-0.3, -0.25) is 0 Å². The Kier molecular flexibility index (Phi) is 3.35. The molecule has 0 bridgehead atoms. The van der Waals surface area contributed by atoms with Crippen molar-refractivity contribution in [2.75, 3.05) is 0 Å². The van der Waals surface area contributed by atoms with Crippen molar-refractivity contribution in [2.45, 2.75) is 46.6 Å². The Morgan fingerprint density at radius 3 is 2.38 bits per heavy atom. The second-order valence-electron chi connectivity index (χ2n) is 4.80. The van der Waals surface area contributed by atoms with E-state index >= 15 is 0 Å². The summed E-state index contributed by atoms with van der Waals surface area (Å²) in [7, 11) is 0. The summed E-state index contributed by atoms with van der Waals surface area (Å²) in [6, 6.07) is 0. The van der Waals surface area contributed by atoms with Gasteiger partial charge in [-0.1, -0.05) is 13.8 Å². The Morgan fingerprint density at radius 1 is 1.50 bits per heavy atom. The van der Waals surface area contributed by atoms with E-state index in [9.17, 15) is 9.90 Å². The van der Waals surface area contributed by atoms with E-state index in [1.54, 1.807) is 20.8 Å². The van der Waals surface area contributed by atoms with Gasteiger partial charge in [0.25, 0.3) is 0 Å². The molecule has 1 atom stereocenters. The summed E-state index contributed by atoms with van der Waals surface area (Å²) in [5.41, 5.74) is -1.01. The zero-order chi connectivity index (χ0) is 12.5. The minimum Gasteiger partial charge on any atom is -0.479 e. The highest BCUT2D eigenvalue weighted by molar-refractivity contribution is 5.76. The van der Waals surface area contributed by atoms with Gasteiger partial charge in [0, 0.05) is 0 Å². The van der Waals surface area contributed by atoms with Crippen LogP contribution in [0.1, 0.15) is 38.8 Å². The zero-order valence-corrected chi connectivity index (χ0v) is 10.5. The second-order valence-corrected chi connectivity index (χ2v) is 4.80. The van der Waals surface area contributed by atoms with Gasteiger partial charge in [-0.05, 0) is 33.1 Å². The fourth-order valence-electron chi connectivity index (χ4n) is 2.05. The normalized spacial score (nSPS) is 15.1. The van der Waals surface area contributed by atoms with Crippen molar-refractivity contribution >= 4 is 5.97 Å². The fourth-order valence-corrected chi connectivity index (χ4v) is 2.05. The van der Waals surface area contributed by atoms with Crippen molar-refractivity contribution in [1.82, 2.24) is 14.8 Å². The number of nitrogens with zero attached hydrogens (tertiary/aromatic N) is 3. The van der Waals surface area contributed by atoms with Gasteiger partial charge in [-0.2, -0.15) is 5.10 Å². The molecule has 0 spiro atoms. The minimum absolute atomic E-state index is 0.282. The zero-order valence-electron chi connectivity index (χ0n) is 10.5. The Morgan fingerprint density at radius 2 is 2.06 bits per heavy atom. The lowest BCUT2D eigenvalue weighted by molar-refractivity contribution is -0.148. The van der Waals surface area contributed by atoms with Crippen LogP contribution in [0.15, 0.2) is 0 Å². The average molecular weight is 225 g/mol. The molecule has 1 N–H and O–H groups in total. The van der Waals surface area contributed by atoms with E-state index in [4.69, 9.17) is 0 Å². The van der Waals surface area contributed by atoms with Gasteiger partial charge >= 0.3 is 5.97 Å². The predicted octanol–water partition coefficient (Wildman–Crippen LogP) is 1.74. The number of aryl methyl sites for hydroxylation is 2. The summed E-state index contributed by atoms with van der Waals surface area (Å²) in [6.07, 6.45) is 0.534. The molecule has 90 valence electrons. The number of rotatable bonds is 4. The predicted molar refractivity (Wildman–Crippen MR) is 60.2 cm³/mol. The van der Waals surface area contributed by atoms with Crippen molar-refractivity contribution in [2.24, 2.45) is 5.92 Å². The van der Waals surface area contributed by atoms with Crippen LogP contribution in [0.4, 0.5) is 0 Å². The highest BCUT2D eigenvalue weighted by Crippen LogP contribution is 2.26. The first-order chi connectivity index (χ1) is 7.27.